The van der Waals surface area contributed by atoms with Gasteiger partial charge in [-0.15, -0.1) is 0 Å². The molecule has 0 aromatic carbocycles. The van der Waals surface area contributed by atoms with E-state index in [2.05, 4.69) is 0 Å². The summed E-state index contributed by atoms with van der Waals surface area (Å²) < 4.78 is 0. The van der Waals surface area contributed by atoms with Crippen molar-refractivity contribution in [3.63, 3.8) is 0 Å². The highest BCUT2D eigenvalue weighted by atomic mass is 16.1. The summed E-state index contributed by atoms with van der Waals surface area (Å²) in [5.41, 5.74) is 0.379. The molecule has 1 aliphatic carbocycles. The van der Waals surface area contributed by atoms with Gasteiger partial charge in [-0.2, -0.15) is 0 Å². The highest BCUT2D eigenvalue weighted by molar-refractivity contribution is 6.15. The Hall–Kier alpha value is -1.22. The fraction of sp³-hybridized carbons (Fsp3) is 0. The Kier molecular flexibility index (Phi) is 2.54. The Morgan fingerprint density at radius 2 is 1.56 bits per heavy atom. The third-order valence-corrected chi connectivity index (χ3v) is 0.854. The first kappa shape index (κ1) is 7.78. The van der Waals surface area contributed by atoms with Crippen molar-refractivity contribution in [3.05, 3.63) is 24.3 Å². The summed E-state index contributed by atoms with van der Waals surface area (Å²) in [6.07, 6.45) is 5.70. The third-order valence-electron chi connectivity index (χ3n) is 0.854. The zero-order valence-electron chi connectivity index (χ0n) is 4.72. The molecule has 0 radical (unpaired) electrons. The van der Waals surface area contributed by atoms with Gasteiger partial charge in [0.1, 0.15) is 0 Å². The van der Waals surface area contributed by atoms with E-state index in [1.165, 1.54) is 24.3 Å². The van der Waals surface area contributed by atoms with Crippen LogP contribution in [0.1, 0.15) is 0 Å². The van der Waals surface area contributed by atoms with Gasteiger partial charge in [0, 0.05) is 0 Å². The van der Waals surface area contributed by atoms with Gasteiger partial charge in [-0.05, 0) is 24.3 Å². The summed E-state index contributed by atoms with van der Waals surface area (Å²) in [4.78, 5) is 10.3. The standard InChI is InChI=1S/C6H5NO.H2O/c7-5-1-3-6(8)4-2-5;/h1-4,7H;1H2. The van der Waals surface area contributed by atoms with E-state index in [1.54, 1.807) is 0 Å². The second-order valence-corrected chi connectivity index (χ2v) is 1.52. The molecule has 0 spiro atoms. The van der Waals surface area contributed by atoms with Crippen LogP contribution in [-0.4, -0.2) is 17.0 Å². The molecule has 3 heteroatoms. The molecule has 3 nitrogen and oxygen atoms in total. The number of hydrogen-bond donors (Lipinski definition) is 1. The molecule has 3 N–H and O–H groups in total. The second-order valence-electron chi connectivity index (χ2n) is 1.52. The molecule has 9 heavy (non-hydrogen) atoms. The molecule has 0 aromatic heterocycles. The molecule has 0 aliphatic heterocycles. The van der Waals surface area contributed by atoms with Gasteiger partial charge in [0.25, 0.3) is 0 Å². The van der Waals surface area contributed by atoms with Crippen molar-refractivity contribution in [2.24, 2.45) is 0 Å². The number of ketones is 1. The zero-order chi connectivity index (χ0) is 5.98. The molecular weight excluding hydrogens is 118 g/mol. The van der Waals surface area contributed by atoms with Gasteiger partial charge < -0.3 is 10.9 Å². The second kappa shape index (κ2) is 2.94. The lowest BCUT2D eigenvalue weighted by Crippen LogP contribution is -1.96. The van der Waals surface area contributed by atoms with Crippen LogP contribution in [-0.2, 0) is 4.79 Å². The van der Waals surface area contributed by atoms with Crippen molar-refractivity contribution in [1.29, 1.82) is 5.41 Å². The summed E-state index contributed by atoms with van der Waals surface area (Å²) in [5.74, 6) is -0.0407. The van der Waals surface area contributed by atoms with E-state index < -0.39 is 0 Å². The van der Waals surface area contributed by atoms with Gasteiger partial charge in [-0.1, -0.05) is 0 Å². The van der Waals surface area contributed by atoms with Crippen LogP contribution >= 0.6 is 0 Å². The molecule has 0 heterocycles. The molecule has 0 amide bonds. The topological polar surface area (TPSA) is 72.4 Å². The molecule has 0 unspecified atom stereocenters. The molecule has 0 aromatic rings. The minimum atomic E-state index is -0.0407. The highest BCUT2D eigenvalue weighted by Crippen LogP contribution is 1.91. The van der Waals surface area contributed by atoms with E-state index in [0.29, 0.717) is 5.71 Å². The van der Waals surface area contributed by atoms with Crippen LogP contribution in [0.5, 0.6) is 0 Å². The normalized spacial score (nSPS) is 15.6. The van der Waals surface area contributed by atoms with E-state index in [9.17, 15) is 4.79 Å². The van der Waals surface area contributed by atoms with Gasteiger partial charge in [-0.3, -0.25) is 4.79 Å². The van der Waals surface area contributed by atoms with E-state index >= 15 is 0 Å². The molecule has 0 saturated heterocycles. The van der Waals surface area contributed by atoms with Crippen LogP contribution in [0.25, 0.3) is 0 Å². The SMILES string of the molecule is N=C1C=CC(=O)C=C1.O. The first-order valence-corrected chi connectivity index (χ1v) is 2.28. The van der Waals surface area contributed by atoms with Crippen molar-refractivity contribution < 1.29 is 10.3 Å². The lowest BCUT2D eigenvalue weighted by molar-refractivity contribution is -0.110. The molecule has 0 fully saturated rings. The maximum absolute atomic E-state index is 10.3. The van der Waals surface area contributed by atoms with E-state index in [1.807, 2.05) is 0 Å². The lowest BCUT2D eigenvalue weighted by Gasteiger charge is -1.90. The molecule has 0 atom stereocenters. The Morgan fingerprint density at radius 1 is 1.11 bits per heavy atom. The highest BCUT2D eigenvalue weighted by Gasteiger charge is 1.94. The summed E-state index contributed by atoms with van der Waals surface area (Å²) in [6.45, 7) is 0. The van der Waals surface area contributed by atoms with Gasteiger partial charge >= 0.3 is 0 Å². The van der Waals surface area contributed by atoms with Gasteiger partial charge in [0.15, 0.2) is 5.78 Å². The number of carbonyl (C=O) groups is 1. The van der Waals surface area contributed by atoms with E-state index in [4.69, 9.17) is 5.41 Å². The number of hydrogen-bond acceptors (Lipinski definition) is 2. The maximum atomic E-state index is 10.3. The average molecular weight is 125 g/mol. The van der Waals surface area contributed by atoms with Crippen LogP contribution < -0.4 is 0 Å². The smallest absolute Gasteiger partial charge is 0.178 e. The molecule has 0 saturated carbocycles. The van der Waals surface area contributed by atoms with Gasteiger partial charge in [0.2, 0.25) is 0 Å². The van der Waals surface area contributed by atoms with Crippen molar-refractivity contribution >= 4 is 11.5 Å². The summed E-state index contributed by atoms with van der Waals surface area (Å²) in [6, 6.07) is 0. The largest absolute Gasteiger partial charge is 0.412 e. The number of nitrogens with one attached hydrogen (secondary N) is 1. The van der Waals surface area contributed by atoms with Crippen molar-refractivity contribution in [1.82, 2.24) is 0 Å². The van der Waals surface area contributed by atoms with Crippen LogP contribution in [0.2, 0.25) is 0 Å². The van der Waals surface area contributed by atoms with Gasteiger partial charge in [-0.25, -0.2) is 0 Å². The first-order valence-electron chi connectivity index (χ1n) is 2.28. The lowest BCUT2D eigenvalue weighted by atomic mass is 10.2. The minimum Gasteiger partial charge on any atom is -0.412 e. The summed E-state index contributed by atoms with van der Waals surface area (Å²) in [7, 11) is 0. The Balaban J connectivity index is 0.000000640. The summed E-state index contributed by atoms with van der Waals surface area (Å²) in [5, 5.41) is 6.95. The average Bonchev–Trinajstić information content (AvgIpc) is 1.77. The van der Waals surface area contributed by atoms with Crippen molar-refractivity contribution in [2.45, 2.75) is 0 Å². The van der Waals surface area contributed by atoms with Crippen molar-refractivity contribution in [2.75, 3.05) is 0 Å². The fourth-order valence-corrected chi connectivity index (χ4v) is 0.455. The van der Waals surface area contributed by atoms with Gasteiger partial charge in [0.05, 0.1) is 5.71 Å². The van der Waals surface area contributed by atoms with Crippen LogP contribution in [0, 0.1) is 5.41 Å². The zero-order valence-corrected chi connectivity index (χ0v) is 4.72. The maximum Gasteiger partial charge on any atom is 0.178 e. The summed E-state index contributed by atoms with van der Waals surface area (Å²) >= 11 is 0. The Morgan fingerprint density at radius 3 is 1.89 bits per heavy atom. The first-order chi connectivity index (χ1) is 3.79. The van der Waals surface area contributed by atoms with Crippen LogP contribution in [0.15, 0.2) is 24.3 Å². The molecule has 1 rings (SSSR count). The van der Waals surface area contributed by atoms with E-state index in [0.717, 1.165) is 0 Å². The Bertz CT molecular complexity index is 153. The van der Waals surface area contributed by atoms with Crippen LogP contribution in [0.3, 0.4) is 0 Å². The van der Waals surface area contributed by atoms with Crippen molar-refractivity contribution in [3.8, 4) is 0 Å². The Labute approximate surface area is 52.5 Å². The fourth-order valence-electron chi connectivity index (χ4n) is 0.455. The molecule has 0 bridgehead atoms. The number of carbonyl (C=O) groups excluding carboxylic acids is 1. The predicted octanol–water partition coefficient (Wildman–Crippen LogP) is -0.123. The molecule has 48 valence electrons. The van der Waals surface area contributed by atoms with Crippen LogP contribution in [0.4, 0.5) is 0 Å². The monoisotopic (exact) mass is 125 g/mol. The number of rotatable bonds is 0. The number of allylic oxidation sites excluding steroid dienone is 4. The van der Waals surface area contributed by atoms with E-state index in [-0.39, 0.29) is 11.3 Å². The molecular formula is C6H7NO2. The minimum absolute atomic E-state index is 0. The molecule has 1 aliphatic rings. The third kappa shape index (κ3) is 2.01. The quantitative estimate of drug-likeness (QED) is 0.450. The predicted molar refractivity (Wildman–Crippen MR) is 34.6 cm³/mol.